The SMILES string of the molecule is CNc1nc(Nc2ccc(S(=O)(=O)N3CCC(N4CCOCC4)CC3)cc2OC)nc2[nH]cc(C#N)c12. The van der Waals surface area contributed by atoms with Gasteiger partial charge in [0.15, 0.2) is 0 Å². The highest BCUT2D eigenvalue weighted by atomic mass is 32.2. The Morgan fingerprint density at radius 2 is 1.95 bits per heavy atom. The van der Waals surface area contributed by atoms with Crippen molar-refractivity contribution in [2.75, 3.05) is 64.2 Å². The molecule has 1 aromatic carbocycles. The number of hydrogen-bond acceptors (Lipinski definition) is 10. The molecule has 3 N–H and O–H groups in total. The third-order valence-corrected chi connectivity index (χ3v) is 8.83. The molecule has 4 heterocycles. The summed E-state index contributed by atoms with van der Waals surface area (Å²) in [5.41, 5.74) is 1.45. The van der Waals surface area contributed by atoms with Crippen LogP contribution in [0.15, 0.2) is 29.3 Å². The van der Waals surface area contributed by atoms with Gasteiger partial charge in [0.25, 0.3) is 0 Å². The molecule has 2 aliphatic heterocycles. The van der Waals surface area contributed by atoms with Gasteiger partial charge in [-0.1, -0.05) is 0 Å². The standard InChI is InChI=1S/C24H30N8O4S/c1-26-22-21-16(14-25)15-27-23(21)30-24(29-22)28-19-4-3-18(13-20(19)35-2)37(33,34)32-7-5-17(6-8-32)31-9-11-36-12-10-31/h3-4,13,15,17H,5-12H2,1-2H3,(H3,26,27,28,29,30). The Balaban J connectivity index is 1.34. The Bertz CT molecular complexity index is 1420. The first-order chi connectivity index (χ1) is 17.9. The van der Waals surface area contributed by atoms with Crippen molar-refractivity contribution in [1.29, 1.82) is 5.26 Å². The van der Waals surface area contributed by atoms with Crippen LogP contribution in [0.2, 0.25) is 0 Å². The van der Waals surface area contributed by atoms with E-state index in [9.17, 15) is 13.7 Å². The zero-order valence-corrected chi connectivity index (χ0v) is 21.6. The molecule has 5 rings (SSSR count). The molecule has 13 heteroatoms. The molecule has 0 atom stereocenters. The number of nitrogens with one attached hydrogen (secondary N) is 3. The lowest BCUT2D eigenvalue weighted by Gasteiger charge is -2.39. The van der Waals surface area contributed by atoms with Gasteiger partial charge in [0, 0.05) is 51.5 Å². The van der Waals surface area contributed by atoms with Crippen LogP contribution in [0.5, 0.6) is 5.75 Å². The summed E-state index contributed by atoms with van der Waals surface area (Å²) in [5.74, 6) is 1.11. The highest BCUT2D eigenvalue weighted by molar-refractivity contribution is 7.89. The summed E-state index contributed by atoms with van der Waals surface area (Å²) in [4.78, 5) is 14.5. The van der Waals surface area contributed by atoms with Crippen LogP contribution in [0.25, 0.3) is 11.0 Å². The lowest BCUT2D eigenvalue weighted by atomic mass is 10.0. The van der Waals surface area contributed by atoms with Crippen LogP contribution >= 0.6 is 0 Å². The minimum absolute atomic E-state index is 0.176. The number of nitrogens with zero attached hydrogens (tertiary/aromatic N) is 5. The molecule has 0 unspecified atom stereocenters. The van der Waals surface area contributed by atoms with Gasteiger partial charge < -0.3 is 25.1 Å². The Morgan fingerprint density at radius 3 is 2.62 bits per heavy atom. The summed E-state index contributed by atoms with van der Waals surface area (Å²) in [6, 6.07) is 7.24. The maximum Gasteiger partial charge on any atom is 0.243 e. The summed E-state index contributed by atoms with van der Waals surface area (Å²) in [5, 5.41) is 16.0. The van der Waals surface area contributed by atoms with E-state index in [-0.39, 0.29) is 10.8 Å². The predicted octanol–water partition coefficient (Wildman–Crippen LogP) is 2.11. The fourth-order valence-electron chi connectivity index (χ4n) is 4.95. The number of sulfonamides is 1. The highest BCUT2D eigenvalue weighted by Crippen LogP contribution is 2.33. The number of nitriles is 1. The molecule has 2 aromatic heterocycles. The van der Waals surface area contributed by atoms with E-state index in [1.165, 1.54) is 13.2 Å². The summed E-state index contributed by atoms with van der Waals surface area (Å²) in [7, 11) is -0.476. The van der Waals surface area contributed by atoms with Crippen molar-refractivity contribution in [3.63, 3.8) is 0 Å². The van der Waals surface area contributed by atoms with Crippen LogP contribution in [-0.4, -0.2) is 92.2 Å². The third kappa shape index (κ3) is 4.93. The zero-order chi connectivity index (χ0) is 26.0. The normalized spacial score (nSPS) is 18.0. The fourth-order valence-corrected chi connectivity index (χ4v) is 6.44. The van der Waals surface area contributed by atoms with Crippen molar-refractivity contribution in [3.8, 4) is 11.8 Å². The molecular weight excluding hydrogens is 496 g/mol. The van der Waals surface area contributed by atoms with Crippen molar-refractivity contribution in [1.82, 2.24) is 24.2 Å². The number of aromatic nitrogens is 3. The van der Waals surface area contributed by atoms with Gasteiger partial charge in [-0.25, -0.2) is 8.42 Å². The molecule has 2 fully saturated rings. The number of hydrogen-bond donors (Lipinski definition) is 3. The molecule has 0 radical (unpaired) electrons. The van der Waals surface area contributed by atoms with Crippen LogP contribution in [0, 0.1) is 11.3 Å². The van der Waals surface area contributed by atoms with Crippen molar-refractivity contribution < 1.29 is 17.9 Å². The highest BCUT2D eigenvalue weighted by Gasteiger charge is 2.32. The number of benzene rings is 1. The minimum atomic E-state index is -3.67. The van der Waals surface area contributed by atoms with Gasteiger partial charge >= 0.3 is 0 Å². The van der Waals surface area contributed by atoms with E-state index in [4.69, 9.17) is 9.47 Å². The summed E-state index contributed by atoms with van der Waals surface area (Å²) < 4.78 is 39.4. The quantitative estimate of drug-likeness (QED) is 0.418. The third-order valence-electron chi connectivity index (χ3n) is 6.93. The molecule has 196 valence electrons. The number of fused-ring (bicyclic) bond motifs is 1. The van der Waals surface area contributed by atoms with E-state index >= 15 is 0 Å². The zero-order valence-electron chi connectivity index (χ0n) is 20.8. The molecule has 0 spiro atoms. The Hall–Kier alpha value is -3.44. The molecule has 0 amide bonds. The smallest absolute Gasteiger partial charge is 0.243 e. The van der Waals surface area contributed by atoms with Crippen LogP contribution < -0.4 is 15.4 Å². The average Bonchev–Trinajstić information content (AvgIpc) is 3.36. The number of H-pyrrole nitrogens is 1. The first kappa shape index (κ1) is 25.2. The number of aromatic amines is 1. The van der Waals surface area contributed by atoms with E-state index in [0.717, 1.165) is 39.1 Å². The van der Waals surface area contributed by atoms with Crippen LogP contribution in [0.4, 0.5) is 17.5 Å². The summed E-state index contributed by atoms with van der Waals surface area (Å²) >= 11 is 0. The van der Waals surface area contributed by atoms with Crippen molar-refractivity contribution in [3.05, 3.63) is 30.0 Å². The van der Waals surface area contributed by atoms with E-state index in [1.54, 1.807) is 29.7 Å². The summed E-state index contributed by atoms with van der Waals surface area (Å²) in [6.07, 6.45) is 3.18. The summed E-state index contributed by atoms with van der Waals surface area (Å²) in [6.45, 7) is 4.24. The second-order valence-electron chi connectivity index (χ2n) is 8.95. The molecule has 3 aromatic rings. The van der Waals surface area contributed by atoms with Gasteiger partial charge in [0.2, 0.25) is 16.0 Å². The number of anilines is 3. The molecular formula is C24H30N8O4S. The van der Waals surface area contributed by atoms with Gasteiger partial charge in [-0.15, -0.1) is 0 Å². The van der Waals surface area contributed by atoms with E-state index in [2.05, 4.69) is 36.6 Å². The first-order valence-corrected chi connectivity index (χ1v) is 13.6. The molecule has 2 aliphatic rings. The lowest BCUT2D eigenvalue weighted by Crippen LogP contribution is -2.50. The number of morpholine rings is 1. The molecule has 0 saturated carbocycles. The Morgan fingerprint density at radius 1 is 1.19 bits per heavy atom. The van der Waals surface area contributed by atoms with Crippen molar-refractivity contribution >= 4 is 38.5 Å². The monoisotopic (exact) mass is 526 g/mol. The topological polar surface area (TPSA) is 148 Å². The number of methoxy groups -OCH3 is 1. The van der Waals surface area contributed by atoms with Gasteiger partial charge in [-0.3, -0.25) is 4.90 Å². The minimum Gasteiger partial charge on any atom is -0.495 e. The van der Waals surface area contributed by atoms with Crippen molar-refractivity contribution in [2.45, 2.75) is 23.8 Å². The van der Waals surface area contributed by atoms with Crippen LogP contribution in [0.3, 0.4) is 0 Å². The molecule has 0 aliphatic carbocycles. The number of rotatable bonds is 7. The second-order valence-corrected chi connectivity index (χ2v) is 10.9. The van der Waals surface area contributed by atoms with Crippen LogP contribution in [-0.2, 0) is 14.8 Å². The molecule has 37 heavy (non-hydrogen) atoms. The lowest BCUT2D eigenvalue weighted by molar-refractivity contribution is 0.00610. The van der Waals surface area contributed by atoms with Gasteiger partial charge in [-0.2, -0.15) is 19.5 Å². The predicted molar refractivity (Wildman–Crippen MR) is 139 cm³/mol. The van der Waals surface area contributed by atoms with Crippen molar-refractivity contribution in [2.24, 2.45) is 0 Å². The maximum absolute atomic E-state index is 13.4. The molecule has 12 nitrogen and oxygen atoms in total. The second kappa shape index (κ2) is 10.5. The Labute approximate surface area is 215 Å². The first-order valence-electron chi connectivity index (χ1n) is 12.2. The van der Waals surface area contributed by atoms with Gasteiger partial charge in [0.05, 0.1) is 41.9 Å². The van der Waals surface area contributed by atoms with E-state index in [1.807, 2.05) is 0 Å². The number of piperidine rings is 1. The molecule has 0 bridgehead atoms. The van der Waals surface area contributed by atoms with E-state index < -0.39 is 10.0 Å². The fraction of sp³-hybridized carbons (Fsp3) is 0.458. The van der Waals surface area contributed by atoms with Gasteiger partial charge in [0.1, 0.15) is 23.3 Å². The molecule has 2 saturated heterocycles. The number of ether oxygens (including phenoxy) is 2. The largest absolute Gasteiger partial charge is 0.495 e. The Kier molecular flexibility index (Phi) is 7.16. The maximum atomic E-state index is 13.4. The average molecular weight is 527 g/mol. The van der Waals surface area contributed by atoms with Gasteiger partial charge in [-0.05, 0) is 25.0 Å². The van der Waals surface area contributed by atoms with E-state index in [0.29, 0.717) is 53.0 Å². The van der Waals surface area contributed by atoms with Crippen LogP contribution in [0.1, 0.15) is 18.4 Å².